The van der Waals surface area contributed by atoms with Crippen molar-refractivity contribution in [1.82, 2.24) is 0 Å². The van der Waals surface area contributed by atoms with Gasteiger partial charge >= 0.3 is 0 Å². The van der Waals surface area contributed by atoms with Gasteiger partial charge in [-0.25, -0.2) is 0 Å². The first kappa shape index (κ1) is 21.0. The smallest absolute Gasteiger partial charge is 0.297 e. The zero-order valence-corrected chi connectivity index (χ0v) is 15.2. The molecule has 0 fully saturated rings. The molecule has 1 rings (SSSR count). The van der Waals surface area contributed by atoms with Crippen molar-refractivity contribution >= 4 is 10.1 Å². The molecule has 0 aliphatic carbocycles. The van der Waals surface area contributed by atoms with E-state index in [1.807, 2.05) is 6.92 Å². The fourth-order valence-corrected chi connectivity index (χ4v) is 2.70. The third-order valence-electron chi connectivity index (χ3n) is 3.17. The van der Waals surface area contributed by atoms with Gasteiger partial charge in [-0.15, -0.1) is 0 Å². The summed E-state index contributed by atoms with van der Waals surface area (Å²) in [7, 11) is -0.590. The van der Waals surface area contributed by atoms with Crippen LogP contribution >= 0.6 is 0 Å². The summed E-state index contributed by atoms with van der Waals surface area (Å²) in [6.45, 7) is 3.29. The molecule has 1 aromatic rings. The van der Waals surface area contributed by atoms with Crippen LogP contribution in [0.25, 0.3) is 0 Å². The molecule has 0 atom stereocenters. The highest BCUT2D eigenvalue weighted by molar-refractivity contribution is 7.86. The minimum atomic E-state index is -3.73. The van der Waals surface area contributed by atoms with E-state index in [9.17, 15) is 8.42 Å². The summed E-state index contributed by atoms with van der Waals surface area (Å²) in [6, 6.07) is 6.49. The number of methoxy groups -OCH3 is 2. The Morgan fingerprint density at radius 3 is 2.00 bits per heavy atom. The third-order valence-corrected chi connectivity index (χ3v) is 4.50. The third kappa shape index (κ3) is 8.18. The topological polar surface area (TPSA) is 80.3 Å². The molecule has 0 spiro atoms. The van der Waals surface area contributed by atoms with Gasteiger partial charge in [0.05, 0.1) is 37.9 Å². The lowest BCUT2D eigenvalue weighted by Crippen LogP contribution is -2.17. The number of aryl methyl sites for hydroxylation is 1. The molecule has 0 heterocycles. The minimum absolute atomic E-state index is 0.0361. The lowest BCUT2D eigenvalue weighted by Gasteiger charge is -2.13. The molecule has 138 valence electrons. The molecule has 7 nitrogen and oxygen atoms in total. The van der Waals surface area contributed by atoms with Gasteiger partial charge in [-0.1, -0.05) is 17.7 Å². The Morgan fingerprint density at radius 2 is 1.42 bits per heavy atom. The highest BCUT2D eigenvalue weighted by Crippen LogP contribution is 2.12. The SMILES string of the molecule is COC(CCOCCOCCOS(=O)(=O)c1ccc(C)cc1)OC. The van der Waals surface area contributed by atoms with E-state index in [2.05, 4.69) is 0 Å². The van der Waals surface area contributed by atoms with E-state index in [4.69, 9.17) is 23.1 Å². The number of rotatable bonds is 13. The molecule has 1 aromatic carbocycles. The van der Waals surface area contributed by atoms with Crippen molar-refractivity contribution in [3.63, 3.8) is 0 Å². The molecule has 0 N–H and O–H groups in total. The first-order chi connectivity index (χ1) is 11.5. The number of ether oxygens (including phenoxy) is 4. The van der Waals surface area contributed by atoms with Crippen molar-refractivity contribution < 1.29 is 31.5 Å². The van der Waals surface area contributed by atoms with Crippen LogP contribution in [0.1, 0.15) is 12.0 Å². The molecule has 0 aliphatic heterocycles. The van der Waals surface area contributed by atoms with Crippen molar-refractivity contribution in [2.24, 2.45) is 0 Å². The number of hydrogen-bond acceptors (Lipinski definition) is 7. The van der Waals surface area contributed by atoms with Gasteiger partial charge in [-0.05, 0) is 19.1 Å². The fourth-order valence-electron chi connectivity index (χ4n) is 1.81. The maximum atomic E-state index is 11.9. The Labute approximate surface area is 143 Å². The zero-order valence-electron chi connectivity index (χ0n) is 14.4. The monoisotopic (exact) mass is 362 g/mol. The Hall–Kier alpha value is -1.03. The van der Waals surface area contributed by atoms with Crippen LogP contribution in [0.2, 0.25) is 0 Å². The van der Waals surface area contributed by atoms with Gasteiger partial charge in [0, 0.05) is 20.6 Å². The summed E-state index contributed by atoms with van der Waals surface area (Å²) in [5, 5.41) is 0. The second-order valence-electron chi connectivity index (χ2n) is 5.00. The maximum Gasteiger partial charge on any atom is 0.297 e. The van der Waals surface area contributed by atoms with Crippen LogP contribution < -0.4 is 0 Å². The van der Waals surface area contributed by atoms with Crippen molar-refractivity contribution in [3.05, 3.63) is 29.8 Å². The van der Waals surface area contributed by atoms with Gasteiger partial charge in [-0.2, -0.15) is 8.42 Å². The van der Waals surface area contributed by atoms with Gasteiger partial charge in [-0.3, -0.25) is 4.18 Å². The minimum Gasteiger partial charge on any atom is -0.379 e. The van der Waals surface area contributed by atoms with Gasteiger partial charge in [0.2, 0.25) is 0 Å². The number of hydrogen-bond donors (Lipinski definition) is 0. The Balaban J connectivity index is 2.08. The molecule has 0 bridgehead atoms. The second kappa shape index (κ2) is 11.5. The largest absolute Gasteiger partial charge is 0.379 e. The second-order valence-corrected chi connectivity index (χ2v) is 6.62. The van der Waals surface area contributed by atoms with E-state index in [1.54, 1.807) is 26.4 Å². The van der Waals surface area contributed by atoms with Crippen molar-refractivity contribution in [2.45, 2.75) is 24.5 Å². The van der Waals surface area contributed by atoms with Crippen LogP contribution in [-0.4, -0.2) is 62.0 Å². The summed E-state index contributed by atoms with van der Waals surface area (Å²) in [5.74, 6) is 0. The van der Waals surface area contributed by atoms with E-state index >= 15 is 0 Å². The standard InChI is InChI=1S/C16H26O7S/c1-14-4-6-15(7-5-14)24(17,18)23-13-12-22-11-10-21-9-8-16(19-2)20-3/h4-7,16H,8-13H2,1-3H3. The first-order valence-corrected chi connectivity index (χ1v) is 9.07. The molecule has 8 heteroatoms. The molecule has 24 heavy (non-hydrogen) atoms. The Morgan fingerprint density at radius 1 is 0.875 bits per heavy atom. The van der Waals surface area contributed by atoms with Gasteiger partial charge in [0.25, 0.3) is 10.1 Å². The fraction of sp³-hybridized carbons (Fsp3) is 0.625. The van der Waals surface area contributed by atoms with Crippen molar-refractivity contribution in [3.8, 4) is 0 Å². The molecule has 0 radical (unpaired) electrons. The predicted octanol–water partition coefficient (Wildman–Crippen LogP) is 1.74. The van der Waals surface area contributed by atoms with E-state index in [-0.39, 0.29) is 24.4 Å². The van der Waals surface area contributed by atoms with Crippen LogP contribution in [0.4, 0.5) is 0 Å². The molecular weight excluding hydrogens is 336 g/mol. The normalized spacial score (nSPS) is 12.0. The van der Waals surface area contributed by atoms with E-state index < -0.39 is 10.1 Å². The molecular formula is C16H26O7S. The maximum absolute atomic E-state index is 11.9. The molecule has 0 saturated carbocycles. The van der Waals surface area contributed by atoms with Crippen molar-refractivity contribution in [1.29, 1.82) is 0 Å². The van der Waals surface area contributed by atoms with E-state index in [0.29, 0.717) is 26.2 Å². The summed E-state index contributed by atoms with van der Waals surface area (Å²) in [6.07, 6.45) is 0.358. The van der Waals surface area contributed by atoms with Crippen LogP contribution in [0.15, 0.2) is 29.2 Å². The molecule has 0 saturated heterocycles. The van der Waals surface area contributed by atoms with E-state index in [1.165, 1.54) is 12.1 Å². The first-order valence-electron chi connectivity index (χ1n) is 7.67. The summed E-state index contributed by atoms with van der Waals surface area (Å²) in [4.78, 5) is 0.141. The quantitative estimate of drug-likeness (QED) is 0.300. The van der Waals surface area contributed by atoms with Crippen LogP contribution in [0.3, 0.4) is 0 Å². The Bertz CT molecular complexity index is 538. The van der Waals surface area contributed by atoms with Gasteiger partial charge in [0.1, 0.15) is 0 Å². The van der Waals surface area contributed by atoms with E-state index in [0.717, 1.165) is 5.56 Å². The molecule has 0 aromatic heterocycles. The summed E-state index contributed by atoms with van der Waals surface area (Å²) >= 11 is 0. The lowest BCUT2D eigenvalue weighted by molar-refractivity contribution is -0.116. The Kier molecular flexibility index (Phi) is 10.1. The molecule has 0 unspecified atom stereocenters. The van der Waals surface area contributed by atoms with Gasteiger partial charge < -0.3 is 18.9 Å². The lowest BCUT2D eigenvalue weighted by atomic mass is 10.2. The average Bonchev–Trinajstić information content (AvgIpc) is 2.57. The molecule has 0 aliphatic rings. The summed E-state index contributed by atoms with van der Waals surface area (Å²) in [5.41, 5.74) is 0.986. The van der Waals surface area contributed by atoms with Crippen LogP contribution in [0, 0.1) is 6.92 Å². The predicted molar refractivity (Wildman–Crippen MR) is 88.4 cm³/mol. The van der Waals surface area contributed by atoms with Crippen LogP contribution in [0.5, 0.6) is 0 Å². The van der Waals surface area contributed by atoms with Crippen LogP contribution in [-0.2, 0) is 33.2 Å². The summed E-state index contributed by atoms with van der Waals surface area (Å²) < 4.78 is 49.4. The highest BCUT2D eigenvalue weighted by Gasteiger charge is 2.14. The average molecular weight is 362 g/mol. The van der Waals surface area contributed by atoms with Crippen molar-refractivity contribution in [2.75, 3.05) is 47.3 Å². The highest BCUT2D eigenvalue weighted by atomic mass is 32.2. The van der Waals surface area contributed by atoms with Gasteiger partial charge in [0.15, 0.2) is 6.29 Å². The number of benzene rings is 1. The zero-order chi connectivity index (χ0) is 17.8. The molecule has 0 amide bonds.